The highest BCUT2D eigenvalue weighted by atomic mass is 19.4. The number of carbonyl (C=O) groups is 2. The zero-order valence-electron chi connectivity index (χ0n) is 17.1. The Hall–Kier alpha value is -2.55. The lowest BCUT2D eigenvalue weighted by atomic mass is 9.72. The van der Waals surface area contributed by atoms with Crippen LogP contribution in [0.1, 0.15) is 38.7 Å². The summed E-state index contributed by atoms with van der Waals surface area (Å²) in [6.45, 7) is 4.39. The fourth-order valence-corrected chi connectivity index (χ4v) is 4.28. The van der Waals surface area contributed by atoms with Crippen molar-refractivity contribution in [2.75, 3.05) is 25.0 Å². The number of fused-ring (bicyclic) bond motifs is 1. The number of amides is 2. The number of nitrogens with zero attached hydrogens (tertiary/aromatic N) is 1. The van der Waals surface area contributed by atoms with Gasteiger partial charge in [0.2, 0.25) is 0 Å². The molecule has 0 bridgehead atoms. The lowest BCUT2D eigenvalue weighted by Gasteiger charge is -2.48. The van der Waals surface area contributed by atoms with Crippen LogP contribution in [0.25, 0.3) is 0 Å². The number of piperidine rings is 1. The van der Waals surface area contributed by atoms with Crippen molar-refractivity contribution < 1.29 is 27.9 Å². The van der Waals surface area contributed by atoms with Crippen LogP contribution in [-0.4, -0.2) is 53.7 Å². The zero-order valence-corrected chi connectivity index (χ0v) is 17.1. The minimum Gasteiger partial charge on any atom is -0.511 e. The third kappa shape index (κ3) is 4.30. The van der Waals surface area contributed by atoms with Crippen LogP contribution in [0.4, 0.5) is 18.9 Å². The molecule has 0 aliphatic carbocycles. The number of anilines is 1. The number of para-hydroxylation sites is 1. The molecular weight excluding hydrogens is 399 g/mol. The van der Waals surface area contributed by atoms with Gasteiger partial charge in [0.1, 0.15) is 11.3 Å². The van der Waals surface area contributed by atoms with Crippen molar-refractivity contribution >= 4 is 17.5 Å². The van der Waals surface area contributed by atoms with Crippen LogP contribution in [-0.2, 0) is 9.59 Å². The molecular formula is C21H26F3N3O3. The van der Waals surface area contributed by atoms with Gasteiger partial charge in [-0.05, 0) is 30.9 Å². The van der Waals surface area contributed by atoms with Crippen molar-refractivity contribution in [3.63, 3.8) is 0 Å². The van der Waals surface area contributed by atoms with Crippen LogP contribution in [0.15, 0.2) is 35.6 Å². The van der Waals surface area contributed by atoms with Crippen molar-refractivity contribution in [3.05, 3.63) is 41.2 Å². The minimum atomic E-state index is -4.37. The highest BCUT2D eigenvalue weighted by Crippen LogP contribution is 2.41. The molecule has 0 unspecified atom stereocenters. The van der Waals surface area contributed by atoms with Crippen molar-refractivity contribution in [1.29, 1.82) is 0 Å². The summed E-state index contributed by atoms with van der Waals surface area (Å²) in [5, 5.41) is 16.3. The maximum Gasteiger partial charge on any atom is 0.401 e. The summed E-state index contributed by atoms with van der Waals surface area (Å²) in [4.78, 5) is 26.7. The quantitative estimate of drug-likeness (QED) is 0.647. The van der Waals surface area contributed by atoms with E-state index in [0.717, 1.165) is 5.56 Å². The predicted molar refractivity (Wildman–Crippen MR) is 106 cm³/mol. The molecule has 9 heteroatoms. The van der Waals surface area contributed by atoms with Crippen LogP contribution in [0, 0.1) is 5.41 Å². The summed E-state index contributed by atoms with van der Waals surface area (Å²) in [7, 11) is 0. The van der Waals surface area contributed by atoms with Gasteiger partial charge >= 0.3 is 6.18 Å². The smallest absolute Gasteiger partial charge is 0.401 e. The van der Waals surface area contributed by atoms with Gasteiger partial charge in [-0.3, -0.25) is 14.5 Å². The normalized spacial score (nSPS) is 25.2. The maximum atomic E-state index is 12.9. The monoisotopic (exact) mass is 425 g/mol. The Morgan fingerprint density at radius 1 is 1.37 bits per heavy atom. The number of rotatable bonds is 4. The summed E-state index contributed by atoms with van der Waals surface area (Å²) in [5.41, 5.74) is -0.275. The van der Waals surface area contributed by atoms with Crippen molar-refractivity contribution in [2.45, 2.75) is 45.3 Å². The Bertz CT molecular complexity index is 882. The number of benzene rings is 1. The number of hydrogen-bond acceptors (Lipinski definition) is 4. The van der Waals surface area contributed by atoms with E-state index in [0.29, 0.717) is 5.69 Å². The Balaban J connectivity index is 1.90. The number of hydrogen-bond donors (Lipinski definition) is 3. The molecule has 3 N–H and O–H groups in total. The van der Waals surface area contributed by atoms with E-state index in [4.69, 9.17) is 0 Å². The Kier molecular flexibility index (Phi) is 5.86. The Labute approximate surface area is 173 Å². The van der Waals surface area contributed by atoms with Crippen molar-refractivity contribution in [1.82, 2.24) is 10.2 Å². The van der Waals surface area contributed by atoms with Crippen LogP contribution >= 0.6 is 0 Å². The number of nitrogens with one attached hydrogen (secondary N) is 2. The summed E-state index contributed by atoms with van der Waals surface area (Å²) >= 11 is 0. The first kappa shape index (κ1) is 22.1. The molecule has 2 atom stereocenters. The summed E-state index contributed by atoms with van der Waals surface area (Å²) in [5.74, 6) is -1.87. The van der Waals surface area contributed by atoms with Gasteiger partial charge in [-0.15, -0.1) is 0 Å². The first-order chi connectivity index (χ1) is 13.9. The number of likely N-dealkylation sites (tertiary alicyclic amines) is 1. The van der Waals surface area contributed by atoms with Crippen LogP contribution < -0.4 is 10.6 Å². The summed E-state index contributed by atoms with van der Waals surface area (Å²) in [6.07, 6.45) is -4.13. The van der Waals surface area contributed by atoms with E-state index in [2.05, 4.69) is 10.6 Å². The zero-order chi connectivity index (χ0) is 22.3. The summed E-state index contributed by atoms with van der Waals surface area (Å²) < 4.78 is 38.5. The molecule has 3 rings (SSSR count). The average Bonchev–Trinajstić information content (AvgIpc) is 2.62. The number of carbonyl (C=O) groups excluding carboxylic acids is 2. The Morgan fingerprint density at radius 3 is 2.67 bits per heavy atom. The third-order valence-corrected chi connectivity index (χ3v) is 5.83. The largest absolute Gasteiger partial charge is 0.511 e. The van der Waals surface area contributed by atoms with Gasteiger partial charge in [-0.25, -0.2) is 0 Å². The third-order valence-electron chi connectivity index (χ3n) is 5.83. The molecule has 2 aliphatic heterocycles. The van der Waals surface area contributed by atoms with Gasteiger partial charge < -0.3 is 15.7 Å². The fourth-order valence-electron chi connectivity index (χ4n) is 4.28. The highest BCUT2D eigenvalue weighted by molar-refractivity contribution is 6.23. The molecule has 1 fully saturated rings. The van der Waals surface area contributed by atoms with Gasteiger partial charge in [0.15, 0.2) is 0 Å². The molecule has 2 amide bonds. The topological polar surface area (TPSA) is 81.7 Å². The van der Waals surface area contributed by atoms with E-state index in [-0.39, 0.29) is 25.4 Å². The average molecular weight is 425 g/mol. The van der Waals surface area contributed by atoms with E-state index in [9.17, 15) is 27.9 Å². The van der Waals surface area contributed by atoms with E-state index >= 15 is 0 Å². The fraction of sp³-hybridized carbons (Fsp3) is 0.524. The number of halogens is 3. The van der Waals surface area contributed by atoms with Gasteiger partial charge in [-0.1, -0.05) is 32.0 Å². The van der Waals surface area contributed by atoms with Crippen LogP contribution in [0.5, 0.6) is 0 Å². The number of aliphatic hydroxyl groups is 1. The lowest BCUT2D eigenvalue weighted by molar-refractivity contribution is -0.155. The molecule has 2 aliphatic rings. The second-order valence-electron chi connectivity index (χ2n) is 8.48. The molecule has 1 aromatic rings. The van der Waals surface area contributed by atoms with Gasteiger partial charge in [0, 0.05) is 24.8 Å². The molecule has 0 radical (unpaired) electrons. The Morgan fingerprint density at radius 2 is 2.03 bits per heavy atom. The van der Waals surface area contributed by atoms with E-state index in [1.807, 2.05) is 26.0 Å². The highest BCUT2D eigenvalue weighted by Gasteiger charge is 2.51. The molecule has 2 heterocycles. The van der Waals surface area contributed by atoms with E-state index in [1.165, 1.54) is 4.90 Å². The number of aliphatic hydroxyl groups excluding tert-OH is 1. The summed E-state index contributed by atoms with van der Waals surface area (Å²) in [6, 6.07) is 6.57. The molecule has 1 aromatic carbocycles. The maximum absolute atomic E-state index is 12.9. The van der Waals surface area contributed by atoms with E-state index in [1.54, 1.807) is 19.1 Å². The second kappa shape index (κ2) is 7.94. The first-order valence-corrected chi connectivity index (χ1v) is 9.86. The van der Waals surface area contributed by atoms with Crippen molar-refractivity contribution in [3.8, 4) is 0 Å². The van der Waals surface area contributed by atoms with E-state index < -0.39 is 47.3 Å². The van der Waals surface area contributed by atoms with Crippen LogP contribution in [0.3, 0.4) is 0 Å². The van der Waals surface area contributed by atoms with Crippen LogP contribution in [0.2, 0.25) is 0 Å². The second-order valence-corrected chi connectivity index (χ2v) is 8.48. The standard InChI is InChI=1S/C21H26F3N3O3/c1-12(2)13-6-4-5-7-14(13)25-18(29)16-17(28)20(3)10-27(11-21(22,23)24)9-8-15(20)26-19(16)30/h4-7,12,15,28H,8-11H2,1-3H3,(H,25,29)(H,26,30)/t15-,20-/m1/s1. The SMILES string of the molecule is CC(C)c1ccccc1NC(=O)C1=C(O)[C@]2(C)CN(CC(F)(F)F)CC[C@H]2NC1=O. The molecule has 1 saturated heterocycles. The van der Waals surface area contributed by atoms with Gasteiger partial charge in [0.05, 0.1) is 12.0 Å². The van der Waals surface area contributed by atoms with Gasteiger partial charge in [-0.2, -0.15) is 13.2 Å². The molecule has 6 nitrogen and oxygen atoms in total. The predicted octanol–water partition coefficient (Wildman–Crippen LogP) is 3.33. The molecule has 0 aromatic heterocycles. The minimum absolute atomic E-state index is 0.112. The first-order valence-electron chi connectivity index (χ1n) is 9.86. The molecule has 30 heavy (non-hydrogen) atoms. The number of alkyl halides is 3. The van der Waals surface area contributed by atoms with Gasteiger partial charge in [0.25, 0.3) is 11.8 Å². The molecule has 164 valence electrons. The lowest BCUT2D eigenvalue weighted by Crippen LogP contribution is -2.62. The van der Waals surface area contributed by atoms with Crippen molar-refractivity contribution in [2.24, 2.45) is 5.41 Å². The molecule has 0 spiro atoms. The molecule has 0 saturated carbocycles.